The molecule has 0 unspecified atom stereocenters. The van der Waals surface area contributed by atoms with Gasteiger partial charge in [-0.05, 0) is 94.4 Å². The van der Waals surface area contributed by atoms with Gasteiger partial charge < -0.3 is 15.0 Å². The van der Waals surface area contributed by atoms with Gasteiger partial charge in [-0.15, -0.1) is 0 Å². The van der Waals surface area contributed by atoms with Crippen LogP contribution in [0.4, 0.5) is 4.39 Å². The van der Waals surface area contributed by atoms with Crippen LogP contribution in [-0.4, -0.2) is 21.6 Å². The average molecular weight is 555 g/mol. The number of nitrogens with one attached hydrogen (secondary N) is 1. The van der Waals surface area contributed by atoms with Crippen LogP contribution in [0, 0.1) is 5.82 Å². The van der Waals surface area contributed by atoms with Crippen LogP contribution >= 0.6 is 0 Å². The molecule has 6 aromatic rings. The van der Waals surface area contributed by atoms with E-state index in [1.807, 2.05) is 36.5 Å². The van der Waals surface area contributed by atoms with E-state index in [0.717, 1.165) is 51.4 Å². The lowest BCUT2D eigenvalue weighted by Crippen LogP contribution is -2.35. The van der Waals surface area contributed by atoms with Gasteiger partial charge >= 0.3 is 5.97 Å². The number of amides is 1. The van der Waals surface area contributed by atoms with E-state index in [4.69, 9.17) is 0 Å². The number of hydrogen-bond acceptors (Lipinski definition) is 2. The van der Waals surface area contributed by atoms with Crippen molar-refractivity contribution in [3.63, 3.8) is 0 Å². The highest BCUT2D eigenvalue weighted by Crippen LogP contribution is 2.46. The van der Waals surface area contributed by atoms with Gasteiger partial charge in [-0.1, -0.05) is 60.7 Å². The number of hydrogen-bond donors (Lipinski definition) is 2. The van der Waals surface area contributed by atoms with Crippen molar-refractivity contribution in [3.8, 4) is 11.1 Å². The summed E-state index contributed by atoms with van der Waals surface area (Å²) in [5.41, 5.74) is 4.68. The number of fused-ring (bicyclic) bond motifs is 2. The van der Waals surface area contributed by atoms with Crippen LogP contribution in [0.2, 0.25) is 0 Å². The van der Waals surface area contributed by atoms with Gasteiger partial charge in [0, 0.05) is 18.1 Å². The number of carboxylic acid groups (broad SMARTS) is 1. The molecule has 1 amide bonds. The molecule has 1 aliphatic rings. The van der Waals surface area contributed by atoms with E-state index in [1.165, 1.54) is 17.5 Å². The topological polar surface area (TPSA) is 71.3 Å². The zero-order valence-corrected chi connectivity index (χ0v) is 22.7. The SMILES string of the molecule is O=C(O)c1ccc(C2(NC(=O)c3cc(-c4ccc(F)cc4)cc4ccn(Cc5ccc6ccccc6c5)c34)CC2)cc1. The minimum atomic E-state index is -0.984. The molecule has 5 aromatic carbocycles. The van der Waals surface area contributed by atoms with E-state index in [1.54, 1.807) is 36.4 Å². The first-order valence-electron chi connectivity index (χ1n) is 13.9. The number of rotatable bonds is 7. The fourth-order valence-electron chi connectivity index (χ4n) is 5.82. The number of benzene rings is 5. The van der Waals surface area contributed by atoms with Gasteiger partial charge in [0.2, 0.25) is 0 Å². The molecule has 206 valence electrons. The van der Waals surface area contributed by atoms with E-state index >= 15 is 0 Å². The van der Waals surface area contributed by atoms with Gasteiger partial charge in [0.05, 0.1) is 22.2 Å². The van der Waals surface area contributed by atoms with Gasteiger partial charge in [-0.3, -0.25) is 4.79 Å². The maximum atomic E-state index is 14.1. The van der Waals surface area contributed by atoms with Crippen molar-refractivity contribution < 1.29 is 19.1 Å². The maximum Gasteiger partial charge on any atom is 0.335 e. The van der Waals surface area contributed by atoms with E-state index < -0.39 is 11.5 Å². The molecule has 0 aliphatic heterocycles. The summed E-state index contributed by atoms with van der Waals surface area (Å²) in [7, 11) is 0. The van der Waals surface area contributed by atoms with Crippen molar-refractivity contribution in [2.45, 2.75) is 24.9 Å². The summed E-state index contributed by atoms with van der Waals surface area (Å²) in [6.45, 7) is 0.590. The first kappa shape index (κ1) is 25.7. The monoisotopic (exact) mass is 554 g/mol. The third-order valence-electron chi connectivity index (χ3n) is 8.24. The Bertz CT molecular complexity index is 1990. The Kier molecular flexibility index (Phi) is 6.12. The number of halogens is 1. The Hall–Kier alpha value is -5.23. The molecule has 6 heteroatoms. The highest BCUT2D eigenvalue weighted by Gasteiger charge is 2.46. The molecule has 42 heavy (non-hydrogen) atoms. The molecule has 1 fully saturated rings. The Balaban J connectivity index is 1.29. The fraction of sp³-hybridized carbons (Fsp3) is 0.111. The van der Waals surface area contributed by atoms with Gasteiger partial charge in [0.25, 0.3) is 5.91 Å². The predicted octanol–water partition coefficient (Wildman–Crippen LogP) is 7.77. The molecule has 5 nitrogen and oxygen atoms in total. The zero-order chi connectivity index (χ0) is 28.8. The summed E-state index contributed by atoms with van der Waals surface area (Å²) in [4.78, 5) is 25.4. The number of carbonyl (C=O) groups excluding carboxylic acids is 1. The average Bonchev–Trinajstić information content (AvgIpc) is 3.68. The van der Waals surface area contributed by atoms with Crippen molar-refractivity contribution in [1.82, 2.24) is 9.88 Å². The predicted molar refractivity (Wildman–Crippen MR) is 162 cm³/mol. The molecule has 1 aliphatic carbocycles. The molecule has 1 aromatic heterocycles. The number of aromatic carboxylic acids is 1. The van der Waals surface area contributed by atoms with Crippen LogP contribution in [0.15, 0.2) is 115 Å². The molecule has 2 N–H and O–H groups in total. The van der Waals surface area contributed by atoms with Crippen LogP contribution < -0.4 is 5.32 Å². The molecule has 0 bridgehead atoms. The number of nitrogens with zero attached hydrogens (tertiary/aromatic N) is 1. The van der Waals surface area contributed by atoms with Crippen LogP contribution in [-0.2, 0) is 12.1 Å². The van der Waals surface area contributed by atoms with E-state index in [2.05, 4.69) is 40.2 Å². The summed E-state index contributed by atoms with van der Waals surface area (Å²) in [6, 6.07) is 33.6. The number of aromatic nitrogens is 1. The summed E-state index contributed by atoms with van der Waals surface area (Å²) in [5.74, 6) is -1.51. The molecule has 0 atom stereocenters. The summed E-state index contributed by atoms with van der Waals surface area (Å²) >= 11 is 0. The highest BCUT2D eigenvalue weighted by atomic mass is 19.1. The number of carboxylic acids is 1. The number of carbonyl (C=O) groups is 2. The first-order valence-corrected chi connectivity index (χ1v) is 13.9. The van der Waals surface area contributed by atoms with Crippen LogP contribution in [0.25, 0.3) is 32.8 Å². The van der Waals surface area contributed by atoms with Crippen LogP contribution in [0.5, 0.6) is 0 Å². The summed E-state index contributed by atoms with van der Waals surface area (Å²) in [5, 5.41) is 15.8. The second-order valence-corrected chi connectivity index (χ2v) is 11.0. The molecule has 1 saturated carbocycles. The van der Waals surface area contributed by atoms with Gasteiger partial charge in [-0.25, -0.2) is 9.18 Å². The smallest absolute Gasteiger partial charge is 0.335 e. The highest BCUT2D eigenvalue weighted by molar-refractivity contribution is 6.08. The fourth-order valence-corrected chi connectivity index (χ4v) is 5.82. The van der Waals surface area contributed by atoms with E-state index in [9.17, 15) is 19.1 Å². The van der Waals surface area contributed by atoms with E-state index in [-0.39, 0.29) is 17.3 Å². The van der Waals surface area contributed by atoms with Crippen molar-refractivity contribution in [2.24, 2.45) is 0 Å². The quantitative estimate of drug-likeness (QED) is 0.212. The lowest BCUT2D eigenvalue weighted by atomic mass is 9.98. The Labute approximate surface area is 241 Å². The second-order valence-electron chi connectivity index (χ2n) is 11.0. The Morgan fingerprint density at radius 3 is 2.24 bits per heavy atom. The minimum Gasteiger partial charge on any atom is -0.478 e. The molecule has 0 radical (unpaired) electrons. The Morgan fingerprint density at radius 2 is 1.52 bits per heavy atom. The van der Waals surface area contributed by atoms with Crippen LogP contribution in [0.3, 0.4) is 0 Å². The molecule has 1 heterocycles. The molecular formula is C36H27FN2O3. The summed E-state index contributed by atoms with van der Waals surface area (Å²) in [6.07, 6.45) is 3.54. The second kappa shape index (κ2) is 10.00. The van der Waals surface area contributed by atoms with Gasteiger partial charge in [-0.2, -0.15) is 0 Å². The lowest BCUT2D eigenvalue weighted by Gasteiger charge is -2.20. The third-order valence-corrected chi connectivity index (χ3v) is 8.24. The minimum absolute atomic E-state index is 0.206. The van der Waals surface area contributed by atoms with Gasteiger partial charge in [0.1, 0.15) is 5.82 Å². The molecule has 0 spiro atoms. The maximum absolute atomic E-state index is 14.1. The first-order chi connectivity index (χ1) is 20.4. The molecular weight excluding hydrogens is 527 g/mol. The van der Waals surface area contributed by atoms with Crippen LogP contribution in [0.1, 0.15) is 44.7 Å². The lowest BCUT2D eigenvalue weighted by molar-refractivity contribution is 0.0696. The third kappa shape index (κ3) is 4.71. The molecule has 0 saturated heterocycles. The Morgan fingerprint density at radius 1 is 0.786 bits per heavy atom. The summed E-state index contributed by atoms with van der Waals surface area (Å²) < 4.78 is 15.8. The zero-order valence-electron chi connectivity index (χ0n) is 22.7. The van der Waals surface area contributed by atoms with Crippen molar-refractivity contribution in [2.75, 3.05) is 0 Å². The van der Waals surface area contributed by atoms with E-state index in [0.29, 0.717) is 12.1 Å². The van der Waals surface area contributed by atoms with Gasteiger partial charge in [0.15, 0.2) is 0 Å². The largest absolute Gasteiger partial charge is 0.478 e. The standard InChI is InChI=1S/C36H27FN2O3/c37-31-13-9-25(10-14-31)29-20-28-15-18-39(22-23-5-6-24-3-1-2-4-27(24)19-23)33(28)32(21-29)34(40)38-36(16-17-36)30-11-7-26(8-12-30)35(41)42/h1-15,18-21H,16-17,22H2,(H,38,40)(H,41,42). The van der Waals surface area contributed by atoms with Crippen molar-refractivity contribution in [1.29, 1.82) is 0 Å². The van der Waals surface area contributed by atoms with Crippen molar-refractivity contribution in [3.05, 3.63) is 143 Å². The molecule has 7 rings (SSSR count). The normalized spacial score (nSPS) is 13.7. The van der Waals surface area contributed by atoms with Crippen molar-refractivity contribution >= 4 is 33.6 Å².